The minimum absolute atomic E-state index is 0.634. The van der Waals surface area contributed by atoms with Crippen molar-refractivity contribution in [2.75, 3.05) is 0 Å². The second-order valence-electron chi connectivity index (χ2n) is 12.6. The highest BCUT2D eigenvalue weighted by Crippen LogP contribution is 2.40. The van der Waals surface area contributed by atoms with Gasteiger partial charge in [0.05, 0.1) is 17.8 Å². The van der Waals surface area contributed by atoms with E-state index in [0.717, 1.165) is 55.4 Å². The van der Waals surface area contributed by atoms with Gasteiger partial charge in [0.1, 0.15) is 0 Å². The highest BCUT2D eigenvalue weighted by atomic mass is 15.0. The molecule has 0 aliphatic heterocycles. The van der Waals surface area contributed by atoms with Crippen LogP contribution in [0.5, 0.6) is 0 Å². The molecule has 0 amide bonds. The van der Waals surface area contributed by atoms with Gasteiger partial charge >= 0.3 is 0 Å². The third kappa shape index (κ3) is 4.30. The Kier molecular flexibility index (Phi) is 5.90. The molecule has 226 valence electrons. The molecule has 0 bridgehead atoms. The maximum Gasteiger partial charge on any atom is 0.189 e. The molecule has 7 aromatic carbocycles. The molecule has 4 nitrogen and oxygen atoms in total. The minimum atomic E-state index is 0.634. The zero-order valence-electron chi connectivity index (χ0n) is 26.3. The normalized spacial score (nSPS) is 11.7. The van der Waals surface area contributed by atoms with E-state index in [1.165, 1.54) is 37.9 Å². The molecule has 10 rings (SSSR count). The van der Waals surface area contributed by atoms with E-state index in [4.69, 9.17) is 11.6 Å². The SMILES string of the molecule is [C-]#[N+]c1ccc2c3ccc(-c4ccc(-c5cc6ccc7cc(-c8cccnc8)cc8ccc(c5)c6c78)nc4)cc3n(-c3ccccc3)c2c1. The van der Waals surface area contributed by atoms with Crippen LogP contribution in [0.15, 0.2) is 158 Å². The van der Waals surface area contributed by atoms with Crippen LogP contribution in [0, 0.1) is 6.57 Å². The van der Waals surface area contributed by atoms with Crippen LogP contribution >= 0.6 is 0 Å². The van der Waals surface area contributed by atoms with Crippen molar-refractivity contribution in [3.05, 3.63) is 170 Å². The number of pyridine rings is 2. The van der Waals surface area contributed by atoms with E-state index in [2.05, 4.69) is 130 Å². The number of hydrogen-bond acceptors (Lipinski definition) is 2. The maximum atomic E-state index is 7.59. The molecule has 0 spiro atoms. The fourth-order valence-electron chi connectivity index (χ4n) is 7.53. The Balaban J connectivity index is 1.05. The number of benzene rings is 7. The fraction of sp³-hybridized carbons (Fsp3) is 0. The van der Waals surface area contributed by atoms with Crippen LogP contribution in [0.25, 0.3) is 98.2 Å². The minimum Gasteiger partial charge on any atom is -0.310 e. The van der Waals surface area contributed by atoms with E-state index in [9.17, 15) is 0 Å². The van der Waals surface area contributed by atoms with Crippen molar-refractivity contribution in [3.8, 4) is 39.2 Å². The van der Waals surface area contributed by atoms with Gasteiger partial charge in [0.15, 0.2) is 5.69 Å². The van der Waals surface area contributed by atoms with Gasteiger partial charge in [0, 0.05) is 57.3 Å². The Morgan fingerprint density at radius 2 is 1.12 bits per heavy atom. The summed E-state index contributed by atoms with van der Waals surface area (Å²) in [5.74, 6) is 0. The molecule has 0 aliphatic carbocycles. The van der Waals surface area contributed by atoms with Crippen LogP contribution in [0.2, 0.25) is 0 Å². The molecule has 0 aliphatic rings. The second-order valence-corrected chi connectivity index (χ2v) is 12.6. The average Bonchev–Trinajstić information content (AvgIpc) is 3.50. The predicted molar refractivity (Wildman–Crippen MR) is 203 cm³/mol. The van der Waals surface area contributed by atoms with Crippen molar-refractivity contribution in [1.82, 2.24) is 14.5 Å². The summed E-state index contributed by atoms with van der Waals surface area (Å²) in [4.78, 5) is 13.0. The lowest BCUT2D eigenvalue weighted by atomic mass is 9.90. The molecule has 0 unspecified atom stereocenters. The topological polar surface area (TPSA) is 35.1 Å². The lowest BCUT2D eigenvalue weighted by Crippen LogP contribution is -1.93. The van der Waals surface area contributed by atoms with Crippen LogP contribution in [-0.2, 0) is 0 Å². The molecule has 4 heteroatoms. The van der Waals surface area contributed by atoms with E-state index in [1.54, 1.807) is 0 Å². The van der Waals surface area contributed by atoms with Crippen molar-refractivity contribution in [3.63, 3.8) is 0 Å². The van der Waals surface area contributed by atoms with Crippen LogP contribution in [0.4, 0.5) is 5.69 Å². The zero-order valence-corrected chi connectivity index (χ0v) is 26.3. The molecule has 3 aromatic heterocycles. The van der Waals surface area contributed by atoms with Crippen LogP contribution in [0.1, 0.15) is 0 Å². The number of hydrogen-bond donors (Lipinski definition) is 0. The first-order valence-electron chi connectivity index (χ1n) is 16.3. The Labute approximate surface area is 282 Å². The molecule has 0 saturated carbocycles. The summed E-state index contributed by atoms with van der Waals surface area (Å²) in [5, 5.41) is 9.78. The smallest absolute Gasteiger partial charge is 0.189 e. The lowest BCUT2D eigenvalue weighted by molar-refractivity contribution is 1.18. The molecule has 0 N–H and O–H groups in total. The monoisotopic (exact) mass is 622 g/mol. The van der Waals surface area contributed by atoms with E-state index >= 15 is 0 Å². The first-order chi connectivity index (χ1) is 24.2. The maximum absolute atomic E-state index is 7.59. The first kappa shape index (κ1) is 27.3. The van der Waals surface area contributed by atoms with Crippen LogP contribution in [-0.4, -0.2) is 14.5 Å². The van der Waals surface area contributed by atoms with Crippen molar-refractivity contribution in [1.29, 1.82) is 0 Å². The molecular formula is C45H26N4. The van der Waals surface area contributed by atoms with Crippen molar-refractivity contribution < 1.29 is 0 Å². The van der Waals surface area contributed by atoms with Crippen molar-refractivity contribution >= 4 is 59.8 Å². The van der Waals surface area contributed by atoms with Gasteiger partial charge in [-0.2, -0.15) is 0 Å². The number of fused-ring (bicyclic) bond motifs is 3. The third-order valence-electron chi connectivity index (χ3n) is 9.82. The Hall–Kier alpha value is -6.83. The zero-order chi connectivity index (χ0) is 32.5. The average molecular weight is 623 g/mol. The Bertz CT molecular complexity index is 2850. The Morgan fingerprint density at radius 1 is 0.490 bits per heavy atom. The largest absolute Gasteiger partial charge is 0.310 e. The summed E-state index contributed by atoms with van der Waals surface area (Å²) < 4.78 is 2.26. The van der Waals surface area contributed by atoms with E-state index in [1.807, 2.05) is 42.9 Å². The van der Waals surface area contributed by atoms with Crippen LogP contribution < -0.4 is 0 Å². The molecular weight excluding hydrogens is 597 g/mol. The van der Waals surface area contributed by atoms with Gasteiger partial charge in [-0.05, 0) is 104 Å². The summed E-state index contributed by atoms with van der Waals surface area (Å²) in [6, 6.07) is 49.3. The summed E-state index contributed by atoms with van der Waals surface area (Å²) in [6.07, 6.45) is 5.72. The summed E-state index contributed by atoms with van der Waals surface area (Å²) >= 11 is 0. The van der Waals surface area contributed by atoms with Gasteiger partial charge in [-0.15, -0.1) is 0 Å². The quantitative estimate of drug-likeness (QED) is 0.145. The molecule has 3 heterocycles. The van der Waals surface area contributed by atoms with E-state index in [-0.39, 0.29) is 0 Å². The van der Waals surface area contributed by atoms with Crippen molar-refractivity contribution in [2.24, 2.45) is 0 Å². The number of para-hydroxylation sites is 1. The lowest BCUT2D eigenvalue weighted by Gasteiger charge is -2.14. The van der Waals surface area contributed by atoms with E-state index in [0.29, 0.717) is 5.69 Å². The Morgan fingerprint density at radius 3 is 1.76 bits per heavy atom. The van der Waals surface area contributed by atoms with Crippen LogP contribution in [0.3, 0.4) is 0 Å². The third-order valence-corrected chi connectivity index (χ3v) is 9.82. The predicted octanol–water partition coefficient (Wildman–Crippen LogP) is 12.0. The molecule has 0 atom stereocenters. The van der Waals surface area contributed by atoms with E-state index < -0.39 is 0 Å². The molecule has 0 radical (unpaired) electrons. The van der Waals surface area contributed by atoms with Gasteiger partial charge < -0.3 is 4.57 Å². The summed E-state index contributed by atoms with van der Waals surface area (Å²) in [6.45, 7) is 7.59. The van der Waals surface area contributed by atoms with Gasteiger partial charge in [-0.3, -0.25) is 9.97 Å². The van der Waals surface area contributed by atoms with Gasteiger partial charge in [-0.25, -0.2) is 4.85 Å². The molecule has 0 saturated heterocycles. The van der Waals surface area contributed by atoms with Gasteiger partial charge in [0.2, 0.25) is 0 Å². The van der Waals surface area contributed by atoms with Gasteiger partial charge in [-0.1, -0.05) is 78.9 Å². The number of nitrogens with zero attached hydrogens (tertiary/aromatic N) is 4. The van der Waals surface area contributed by atoms with Crippen molar-refractivity contribution in [2.45, 2.75) is 0 Å². The summed E-state index contributed by atoms with van der Waals surface area (Å²) in [7, 11) is 0. The molecule has 10 aromatic rings. The standard InChI is InChI=1S/C45H26N4/c1-46-37-15-17-40-39-16-13-28(24-42(39)49(43(40)25-37)38-7-3-2-4-8-38)34-14-18-41(48-27-34)36-22-31-11-9-29-20-35(33-6-5-19-47-26-33)21-30-10-12-32(23-36)45(31)44(29)30/h2-27H. The fourth-order valence-corrected chi connectivity index (χ4v) is 7.53. The second kappa shape index (κ2) is 10.6. The summed E-state index contributed by atoms with van der Waals surface area (Å²) in [5.41, 5.74) is 10.3. The highest BCUT2D eigenvalue weighted by Gasteiger charge is 2.16. The number of aromatic nitrogens is 3. The number of rotatable bonds is 4. The molecule has 0 fully saturated rings. The van der Waals surface area contributed by atoms with Gasteiger partial charge in [0.25, 0.3) is 0 Å². The first-order valence-corrected chi connectivity index (χ1v) is 16.3. The highest BCUT2D eigenvalue weighted by molar-refractivity contribution is 6.24. The molecule has 49 heavy (non-hydrogen) atoms.